The molecule has 3 saturated heterocycles. The predicted molar refractivity (Wildman–Crippen MR) is 458 cm³/mol. The number of fused-ring (bicyclic) bond motifs is 14. The normalized spacial score (nSPS) is 29.0. The van der Waals surface area contributed by atoms with E-state index in [1.165, 1.54) is 30.3 Å². The van der Waals surface area contributed by atoms with Gasteiger partial charge in [-0.15, -0.1) is 0 Å². The van der Waals surface area contributed by atoms with Crippen LogP contribution in [0.3, 0.4) is 0 Å². The molecule has 44 heteroatoms. The lowest BCUT2D eigenvalue weighted by Crippen LogP contribution is -2.65. The molecule has 42 nitrogen and oxygen atoms in total. The molecule has 133 heavy (non-hydrogen) atoms. The van der Waals surface area contributed by atoms with Crippen molar-refractivity contribution in [2.45, 2.75) is 213 Å². The molecule has 9 aliphatic rings. The van der Waals surface area contributed by atoms with E-state index < -0.39 is 316 Å². The van der Waals surface area contributed by atoms with Gasteiger partial charge in [-0.1, -0.05) is 93.4 Å². The van der Waals surface area contributed by atoms with Gasteiger partial charge in [-0.25, -0.2) is 4.79 Å². The lowest BCUT2D eigenvalue weighted by molar-refractivity contribution is -0.284. The smallest absolute Gasteiger partial charge is 0.330 e. The first-order valence-electron chi connectivity index (χ1n) is 42.5. The number of phenols is 4. The third-order valence-corrected chi connectivity index (χ3v) is 24.6. The minimum atomic E-state index is -2.59. The lowest BCUT2D eigenvalue weighted by atomic mass is 9.89. The summed E-state index contributed by atoms with van der Waals surface area (Å²) in [4.78, 5) is 138. The fourth-order valence-corrected chi connectivity index (χ4v) is 17.1. The second-order valence-corrected chi connectivity index (χ2v) is 34.1. The number of hydrogen-bond donors (Lipinski definition) is 24. The van der Waals surface area contributed by atoms with Crippen molar-refractivity contribution in [1.29, 1.82) is 0 Å². The Balaban J connectivity index is 1.03. The summed E-state index contributed by atoms with van der Waals surface area (Å²) in [5, 5.41) is 190. The lowest BCUT2D eigenvalue weighted by Gasteiger charge is -2.44. The van der Waals surface area contributed by atoms with Crippen LogP contribution in [0.25, 0.3) is 11.1 Å². The SMILES string of the molecule is CCC(C)CCCCCCC(=O)N[C@H]1[C@H](Oc2c3cc4cc2Oc2ccc(cc2Cl)[C@@H](O[C@@H]2O[C@H](CO)[C@@H](O)[C@H](O)[C@H]2NC(C)=O)[C@@H]2NC(=O)[C@H](NC(=O)[C@@H]4NC(=O)[C@H]4NC(=O)[C@@H](Cc5ccc(c(Cl)c5)O3)NC(=O)[C@@H](N)c3ccc(O)c(c3)Oc3cc(O)cc4c3)c3ccc(O)c(c3)-c3c(O[C@H]4O[C@H](CO)[C@@H](O)[C@H](O)[C@@H]4O)cc(O)cc3[C@H](C(=O)O)NC2=O)O[C@H](CO)[C@@H](O)[C@@H]1O. The van der Waals surface area contributed by atoms with Crippen molar-refractivity contribution in [3.63, 3.8) is 0 Å². The first-order chi connectivity index (χ1) is 63.4. The molecule has 0 spiro atoms. The molecular formula is C89H99Cl2N9O33. The first-order valence-corrected chi connectivity index (χ1v) is 43.2. The second kappa shape index (κ2) is 41.2. The molecule has 25 N–H and O–H groups in total. The number of ether oxygens (including phenoxy) is 9. The highest BCUT2D eigenvalue weighted by Crippen LogP contribution is 2.51. The van der Waals surface area contributed by atoms with E-state index in [0.29, 0.717) is 18.8 Å². The van der Waals surface area contributed by atoms with Crippen LogP contribution in [0, 0.1) is 5.92 Å². The number of amides is 8. The molecule has 8 amide bonds. The summed E-state index contributed by atoms with van der Waals surface area (Å²) in [5.41, 5.74) is 2.80. The van der Waals surface area contributed by atoms with Gasteiger partial charge in [0.15, 0.2) is 35.3 Å². The molecule has 17 bridgehead atoms. The zero-order valence-electron chi connectivity index (χ0n) is 71.0. The van der Waals surface area contributed by atoms with Gasteiger partial charge in [0.05, 0.1) is 29.9 Å². The number of carbonyl (C=O) groups excluding carboxylic acids is 8. The molecule has 0 aliphatic carbocycles. The van der Waals surface area contributed by atoms with E-state index in [1.54, 1.807) is 0 Å². The summed E-state index contributed by atoms with van der Waals surface area (Å²) in [5.74, 6) is -19.1. The number of aliphatic hydroxyl groups is 10. The number of aliphatic carboxylic acids is 1. The van der Waals surface area contributed by atoms with Crippen molar-refractivity contribution in [3.05, 3.63) is 164 Å². The number of benzene rings is 7. The van der Waals surface area contributed by atoms with Gasteiger partial charge in [-0.2, -0.15) is 0 Å². The Kier molecular flexibility index (Phi) is 30.0. The van der Waals surface area contributed by atoms with E-state index in [9.17, 15) is 95.8 Å². The number of hydrogen-bond acceptors (Lipinski definition) is 33. The van der Waals surface area contributed by atoms with Gasteiger partial charge in [0, 0.05) is 48.6 Å². The monoisotopic (exact) mass is 1890 g/mol. The quantitative estimate of drug-likeness (QED) is 0.0480. The van der Waals surface area contributed by atoms with Gasteiger partial charge in [-0.3, -0.25) is 38.4 Å². The average molecular weight is 1890 g/mol. The molecule has 1 unspecified atom stereocenters. The highest BCUT2D eigenvalue weighted by Gasteiger charge is 2.52. The van der Waals surface area contributed by atoms with E-state index in [4.69, 9.17) is 71.6 Å². The summed E-state index contributed by atoms with van der Waals surface area (Å²) >= 11 is 14.7. The zero-order valence-corrected chi connectivity index (χ0v) is 72.5. The number of aromatic hydroxyl groups is 4. The van der Waals surface area contributed by atoms with Crippen LogP contribution in [-0.2, 0) is 68.5 Å². The average Bonchev–Trinajstić information content (AvgIpc) is 0.763. The van der Waals surface area contributed by atoms with Gasteiger partial charge < -0.3 is 167 Å². The predicted octanol–water partition coefficient (Wildman–Crippen LogP) is 1.41. The van der Waals surface area contributed by atoms with Crippen LogP contribution in [-0.4, -0.2) is 254 Å². The van der Waals surface area contributed by atoms with Crippen LogP contribution in [0.1, 0.15) is 141 Å². The maximum absolute atomic E-state index is 17.0. The zero-order chi connectivity index (χ0) is 95.6. The molecule has 7 aromatic rings. The highest BCUT2D eigenvalue weighted by atomic mass is 35.5. The molecule has 712 valence electrons. The van der Waals surface area contributed by atoms with Crippen LogP contribution in [0.4, 0.5) is 0 Å². The van der Waals surface area contributed by atoms with Crippen molar-refractivity contribution >= 4 is 76.4 Å². The maximum Gasteiger partial charge on any atom is 0.330 e. The van der Waals surface area contributed by atoms with Crippen molar-refractivity contribution in [2.75, 3.05) is 19.8 Å². The number of carboxylic acid groups (broad SMARTS) is 1. The van der Waals surface area contributed by atoms with Gasteiger partial charge in [0.1, 0.15) is 156 Å². The molecule has 3 fully saturated rings. The molecule has 9 aliphatic heterocycles. The Bertz CT molecular complexity index is 5580. The topological polar surface area (TPSA) is 662 Å². The number of unbranched alkanes of at least 4 members (excludes halogenated alkanes) is 3. The molecule has 24 atom stereocenters. The summed E-state index contributed by atoms with van der Waals surface area (Å²) in [7, 11) is 0. The van der Waals surface area contributed by atoms with E-state index in [0.717, 1.165) is 118 Å². The van der Waals surface area contributed by atoms with Gasteiger partial charge in [-0.05, 0) is 125 Å². The van der Waals surface area contributed by atoms with Crippen LogP contribution < -0.4 is 72.0 Å². The highest BCUT2D eigenvalue weighted by molar-refractivity contribution is 6.32. The Morgan fingerprint density at radius 2 is 1.07 bits per heavy atom. The number of aliphatic hydroxyl groups excluding tert-OH is 10. The third-order valence-electron chi connectivity index (χ3n) is 24.0. The Morgan fingerprint density at radius 1 is 0.511 bits per heavy atom. The Hall–Kier alpha value is -12.1. The molecule has 0 saturated carbocycles. The van der Waals surface area contributed by atoms with E-state index in [2.05, 4.69) is 56.4 Å². The van der Waals surface area contributed by atoms with Crippen molar-refractivity contribution in [3.8, 4) is 80.1 Å². The number of nitrogens with one attached hydrogen (secondary N) is 8. The van der Waals surface area contributed by atoms with Crippen molar-refractivity contribution in [2.24, 2.45) is 11.7 Å². The summed E-state index contributed by atoms with van der Waals surface area (Å²) < 4.78 is 57.5. The van der Waals surface area contributed by atoms with Crippen LogP contribution in [0.2, 0.25) is 10.0 Å². The van der Waals surface area contributed by atoms with Crippen LogP contribution in [0.5, 0.6) is 69.0 Å². The van der Waals surface area contributed by atoms with Crippen LogP contribution >= 0.6 is 23.2 Å². The largest absolute Gasteiger partial charge is 0.508 e. The molecule has 9 heterocycles. The van der Waals surface area contributed by atoms with Gasteiger partial charge in [0.2, 0.25) is 65.6 Å². The first kappa shape index (κ1) is 97.0. The number of carbonyl (C=O) groups is 9. The fourth-order valence-electron chi connectivity index (χ4n) is 16.6. The number of carboxylic acids is 1. The standard InChI is InChI=1S/C89H99Cl2N9O33/c1-4-34(2)9-7-5-6-8-10-61(109)95-69-75(114)72(111)59(32-102)130-88(69)133-79-56-26-41-27-57(79)127-53-18-14-39(24-48(53)91)78(132-87-68(93-35(3)104)74(113)71(110)58(31-101)129-87)70-85(122)99-67(86(123)124)46-29-43(106)30-55(128-89-77(116)76(115)73(112)60(33-103)131-89)62(46)45-23-38(13-15-50(45)107)64(82(119)100-70)97-84(121)66(41)98-83(120)65-40-21-42(105)28-44(22-40)125-54-25-37(12-16-51(54)108)63(92)81(118)94-49(80(117)96-65)20-36-11-17-52(126-56)47(90)19-36/h11-19,21-30,34,49,58-60,63-78,87-89,101-103,105-108,110-116H,4-10,20,31-33,92H2,1-3H3,(H,93,104)(H,94,118)(H,95,109)(H,96,117)(H,97,121)(H,98,120)(H,99,122)(H,100,119)(H,123,124)/t34?,49-,58-,59-,60-,63+,64-,65+,66-,67-,68-,69-,70+,71-,72-,73-,74-,75-,76+,77+,78-,87+,88+,89+/m1/s1. The van der Waals surface area contributed by atoms with E-state index in [-0.39, 0.29) is 39.8 Å². The van der Waals surface area contributed by atoms with Crippen molar-refractivity contribution < 1.29 is 162 Å². The van der Waals surface area contributed by atoms with Gasteiger partial charge >= 0.3 is 5.97 Å². The summed E-state index contributed by atoms with van der Waals surface area (Å²) in [6, 6.07) is 0.677. The third kappa shape index (κ3) is 21.1. The number of nitrogens with two attached hydrogens (primary N) is 1. The minimum Gasteiger partial charge on any atom is -0.508 e. The van der Waals surface area contributed by atoms with Crippen molar-refractivity contribution in [1.82, 2.24) is 42.5 Å². The number of halogens is 2. The molecule has 0 aromatic heterocycles. The Labute approximate surface area is 766 Å². The fraction of sp³-hybridized carbons (Fsp3) is 0.427. The molecular weight excluding hydrogens is 1790 g/mol. The minimum absolute atomic E-state index is 0.0270. The van der Waals surface area contributed by atoms with Crippen LogP contribution in [0.15, 0.2) is 115 Å². The summed E-state index contributed by atoms with van der Waals surface area (Å²) in [6.07, 6.45) is -24.9. The number of rotatable bonds is 20. The second-order valence-electron chi connectivity index (χ2n) is 33.3. The Morgan fingerprint density at radius 3 is 1.70 bits per heavy atom. The maximum atomic E-state index is 17.0. The molecule has 16 rings (SSSR count). The number of phenolic OH excluding ortho intramolecular Hbond substituents is 4. The molecule has 7 aromatic carbocycles. The van der Waals surface area contributed by atoms with Gasteiger partial charge in [0.25, 0.3) is 0 Å². The molecule has 0 radical (unpaired) electrons. The van der Waals surface area contributed by atoms with E-state index in [1.807, 2.05) is 0 Å². The van der Waals surface area contributed by atoms with E-state index >= 15 is 24.0 Å². The summed E-state index contributed by atoms with van der Waals surface area (Å²) in [6.45, 7) is 2.03.